The normalized spacial score (nSPS) is 58.0. The molecule has 5 rings (SSSR count). The minimum Gasteiger partial charge on any atom is -0.298 e. The summed E-state index contributed by atoms with van der Waals surface area (Å²) in [7, 11) is 0. The molecule has 3 heteroatoms. The molecular formula is C23H34BrFO. The summed E-state index contributed by atoms with van der Waals surface area (Å²) in [4.78, 5) is 12.5. The molecule has 5 aliphatic rings. The van der Waals surface area contributed by atoms with Crippen molar-refractivity contribution in [2.45, 2.75) is 83.7 Å². The average molecular weight is 425 g/mol. The third kappa shape index (κ3) is 2.28. The van der Waals surface area contributed by atoms with E-state index >= 15 is 4.39 Å². The number of halogens is 2. The summed E-state index contributed by atoms with van der Waals surface area (Å²) >= 11 is 3.40. The van der Waals surface area contributed by atoms with Gasteiger partial charge in [-0.05, 0) is 105 Å². The SMILES string of the molecule is CC1C[C@@]12CC[C@@]1(F)[C@H](CC[C@H]3[C@@H]4CC[C@H](C(=O)CBr)[C@@]4(C)CC[C@@H]31)C2. The standard InChI is InChI=1S/C23H34BrFO/c1-14-11-22(14)9-10-23(25)15(12-22)3-4-16-17-5-6-19(20(26)13-24)21(17,2)8-7-18(16)23/h14-19H,3-13H2,1-2H3/t14?,15-,16+,17+,18+,19-,21+,22-,23-/m1/s1. The van der Waals surface area contributed by atoms with Crippen molar-refractivity contribution >= 4 is 21.7 Å². The first-order valence-corrected chi connectivity index (χ1v) is 12.2. The summed E-state index contributed by atoms with van der Waals surface area (Å²) in [5, 5.41) is 0.490. The van der Waals surface area contributed by atoms with Crippen molar-refractivity contribution in [1.29, 1.82) is 0 Å². The molecular weight excluding hydrogens is 391 g/mol. The Hall–Kier alpha value is 0.0800. The first-order valence-electron chi connectivity index (χ1n) is 11.1. The lowest BCUT2D eigenvalue weighted by Crippen LogP contribution is -2.57. The summed E-state index contributed by atoms with van der Waals surface area (Å²) in [6.07, 6.45) is 11.1. The number of ketones is 1. The van der Waals surface area contributed by atoms with Gasteiger partial charge in [0.05, 0.1) is 5.33 Å². The van der Waals surface area contributed by atoms with E-state index in [2.05, 4.69) is 29.8 Å². The van der Waals surface area contributed by atoms with Crippen molar-refractivity contribution < 1.29 is 9.18 Å². The maximum absolute atomic E-state index is 16.5. The van der Waals surface area contributed by atoms with Crippen molar-refractivity contribution in [3.63, 3.8) is 0 Å². The Bertz CT molecular complexity index is 621. The second kappa shape index (κ2) is 5.80. The fourth-order valence-corrected chi connectivity index (χ4v) is 9.11. The minimum atomic E-state index is -0.894. The highest BCUT2D eigenvalue weighted by molar-refractivity contribution is 9.09. The van der Waals surface area contributed by atoms with Crippen LogP contribution in [0.4, 0.5) is 4.39 Å². The van der Waals surface area contributed by atoms with E-state index in [1.165, 1.54) is 19.3 Å². The Kier molecular flexibility index (Phi) is 4.04. The van der Waals surface area contributed by atoms with E-state index in [1.807, 2.05) is 0 Å². The van der Waals surface area contributed by atoms with Crippen LogP contribution in [0.25, 0.3) is 0 Å². The van der Waals surface area contributed by atoms with E-state index in [0.29, 0.717) is 34.3 Å². The Morgan fingerprint density at radius 2 is 1.81 bits per heavy atom. The predicted octanol–water partition coefficient (Wildman–Crippen LogP) is 6.34. The summed E-state index contributed by atoms with van der Waals surface area (Å²) < 4.78 is 16.5. The van der Waals surface area contributed by atoms with Gasteiger partial charge < -0.3 is 0 Å². The maximum atomic E-state index is 16.5. The molecule has 5 fully saturated rings. The molecule has 0 aromatic carbocycles. The zero-order valence-corrected chi connectivity index (χ0v) is 18.0. The van der Waals surface area contributed by atoms with Gasteiger partial charge in [0.1, 0.15) is 11.5 Å². The van der Waals surface area contributed by atoms with Crippen molar-refractivity contribution in [3.05, 3.63) is 0 Å². The van der Waals surface area contributed by atoms with E-state index in [9.17, 15) is 4.79 Å². The smallest absolute Gasteiger partial charge is 0.147 e. The molecule has 0 bridgehead atoms. The third-order valence-electron chi connectivity index (χ3n) is 10.4. The fraction of sp³-hybridized carbons (Fsp3) is 0.957. The Morgan fingerprint density at radius 1 is 1.04 bits per heavy atom. The van der Waals surface area contributed by atoms with Crippen molar-refractivity contribution in [3.8, 4) is 0 Å². The van der Waals surface area contributed by atoms with Gasteiger partial charge in [0.25, 0.3) is 0 Å². The van der Waals surface area contributed by atoms with Crippen LogP contribution in [0, 0.1) is 46.3 Å². The summed E-state index contributed by atoms with van der Waals surface area (Å²) in [6, 6.07) is 0. The summed E-state index contributed by atoms with van der Waals surface area (Å²) in [5.41, 5.74) is -0.234. The highest BCUT2D eigenvalue weighted by Gasteiger charge is 2.66. The van der Waals surface area contributed by atoms with E-state index in [-0.39, 0.29) is 17.3 Å². The lowest BCUT2D eigenvalue weighted by molar-refractivity contribution is -0.148. The van der Waals surface area contributed by atoms with Crippen LogP contribution in [0.5, 0.6) is 0 Å². The van der Waals surface area contributed by atoms with Gasteiger partial charge in [0, 0.05) is 5.92 Å². The molecule has 1 spiro atoms. The molecule has 0 amide bonds. The molecule has 1 unspecified atom stereocenters. The number of rotatable bonds is 2. The zero-order chi connectivity index (χ0) is 18.3. The van der Waals surface area contributed by atoms with E-state index < -0.39 is 5.67 Å². The molecule has 5 saturated carbocycles. The molecule has 0 saturated heterocycles. The number of Topliss-reactive ketones (excluding diaryl/α,β-unsaturated/α-hetero) is 1. The number of hydrogen-bond donors (Lipinski definition) is 0. The van der Waals surface area contributed by atoms with Crippen molar-refractivity contribution in [1.82, 2.24) is 0 Å². The molecule has 1 nitrogen and oxygen atoms in total. The van der Waals surface area contributed by atoms with Crippen LogP contribution in [0.15, 0.2) is 0 Å². The van der Waals surface area contributed by atoms with Gasteiger partial charge in [-0.15, -0.1) is 0 Å². The van der Waals surface area contributed by atoms with Gasteiger partial charge in [0.15, 0.2) is 0 Å². The number of carbonyl (C=O) groups is 1. The van der Waals surface area contributed by atoms with Crippen LogP contribution in [-0.4, -0.2) is 16.8 Å². The first kappa shape index (κ1) is 18.1. The van der Waals surface area contributed by atoms with Crippen molar-refractivity contribution in [2.75, 3.05) is 5.33 Å². The highest BCUT2D eigenvalue weighted by Crippen LogP contribution is 2.71. The minimum absolute atomic E-state index is 0.135. The lowest BCUT2D eigenvalue weighted by Gasteiger charge is -2.59. The van der Waals surface area contributed by atoms with Gasteiger partial charge >= 0.3 is 0 Å². The topological polar surface area (TPSA) is 17.1 Å². The van der Waals surface area contributed by atoms with Crippen LogP contribution >= 0.6 is 15.9 Å². The van der Waals surface area contributed by atoms with Crippen LogP contribution in [0.2, 0.25) is 0 Å². The molecule has 0 aromatic rings. The second-order valence-electron chi connectivity index (χ2n) is 11.0. The Labute approximate surface area is 166 Å². The van der Waals surface area contributed by atoms with Gasteiger partial charge in [-0.2, -0.15) is 0 Å². The molecule has 0 N–H and O–H groups in total. The maximum Gasteiger partial charge on any atom is 0.147 e. The average Bonchev–Trinajstić information content (AvgIpc) is 3.08. The Balaban J connectivity index is 1.39. The highest BCUT2D eigenvalue weighted by atomic mass is 79.9. The quantitative estimate of drug-likeness (QED) is 0.472. The second-order valence-corrected chi connectivity index (χ2v) is 11.6. The van der Waals surface area contributed by atoms with Gasteiger partial charge in [-0.3, -0.25) is 4.79 Å². The van der Waals surface area contributed by atoms with E-state index in [0.717, 1.165) is 50.9 Å². The molecule has 0 aromatic heterocycles. The van der Waals surface area contributed by atoms with Crippen LogP contribution in [-0.2, 0) is 4.79 Å². The summed E-state index contributed by atoms with van der Waals surface area (Å²) in [5.74, 6) is 3.16. The third-order valence-corrected chi connectivity index (χ3v) is 10.9. The van der Waals surface area contributed by atoms with Crippen LogP contribution in [0.3, 0.4) is 0 Å². The number of fused-ring (bicyclic) bond motifs is 5. The van der Waals surface area contributed by atoms with E-state index in [4.69, 9.17) is 0 Å². The summed E-state index contributed by atoms with van der Waals surface area (Å²) in [6.45, 7) is 4.74. The van der Waals surface area contributed by atoms with Gasteiger partial charge in [-0.1, -0.05) is 29.8 Å². The first-order chi connectivity index (χ1) is 12.3. The van der Waals surface area contributed by atoms with Crippen LogP contribution in [0.1, 0.15) is 78.1 Å². The lowest BCUT2D eigenvalue weighted by atomic mass is 9.47. The molecule has 146 valence electrons. The molecule has 0 heterocycles. The largest absolute Gasteiger partial charge is 0.298 e. The number of hydrogen-bond acceptors (Lipinski definition) is 1. The van der Waals surface area contributed by atoms with Gasteiger partial charge in [-0.25, -0.2) is 4.39 Å². The monoisotopic (exact) mass is 424 g/mol. The molecule has 26 heavy (non-hydrogen) atoms. The molecule has 0 aliphatic heterocycles. The molecule has 5 aliphatic carbocycles. The van der Waals surface area contributed by atoms with E-state index in [1.54, 1.807) is 0 Å². The fourth-order valence-electron chi connectivity index (χ4n) is 8.72. The number of carbonyl (C=O) groups excluding carboxylic acids is 1. The molecule has 9 atom stereocenters. The Morgan fingerprint density at radius 3 is 2.50 bits per heavy atom. The van der Waals surface area contributed by atoms with Crippen LogP contribution < -0.4 is 0 Å². The molecule has 0 radical (unpaired) electrons. The van der Waals surface area contributed by atoms with Gasteiger partial charge in [0.2, 0.25) is 0 Å². The number of alkyl halides is 2. The zero-order valence-electron chi connectivity index (χ0n) is 16.4. The predicted molar refractivity (Wildman–Crippen MR) is 106 cm³/mol. The van der Waals surface area contributed by atoms with Crippen molar-refractivity contribution in [2.24, 2.45) is 46.3 Å².